The van der Waals surface area contributed by atoms with Gasteiger partial charge in [-0.25, -0.2) is 0 Å². The molecule has 82 valence electrons. The third kappa shape index (κ3) is 2.80. The molecule has 15 heavy (non-hydrogen) atoms. The van der Waals surface area contributed by atoms with Crippen molar-refractivity contribution in [1.82, 2.24) is 5.32 Å². The van der Waals surface area contributed by atoms with Gasteiger partial charge < -0.3 is 5.32 Å². The average molecular weight is 226 g/mol. The Morgan fingerprint density at radius 1 is 1.33 bits per heavy atom. The Balaban J connectivity index is 0.00000112. The minimum absolute atomic E-state index is 0. The Labute approximate surface area is 96.5 Å². The minimum atomic E-state index is 0. The van der Waals surface area contributed by atoms with Crippen LogP contribution >= 0.6 is 12.4 Å². The number of carbonyl (C=O) groups is 1. The van der Waals surface area contributed by atoms with Crippen LogP contribution in [0.1, 0.15) is 24.9 Å². The van der Waals surface area contributed by atoms with Crippen molar-refractivity contribution in [2.24, 2.45) is 5.92 Å². The van der Waals surface area contributed by atoms with Gasteiger partial charge in [0.15, 0.2) is 0 Å². The molecule has 2 unspecified atom stereocenters. The zero-order chi connectivity index (χ0) is 9.97. The summed E-state index contributed by atoms with van der Waals surface area (Å²) >= 11 is 0. The van der Waals surface area contributed by atoms with Crippen molar-refractivity contribution in [3.05, 3.63) is 35.9 Å². The summed E-state index contributed by atoms with van der Waals surface area (Å²) in [6, 6.07) is 10.7. The molecule has 2 atom stereocenters. The van der Waals surface area contributed by atoms with Crippen LogP contribution in [-0.2, 0) is 4.79 Å². The van der Waals surface area contributed by atoms with Gasteiger partial charge in [0.2, 0.25) is 0 Å². The first-order chi connectivity index (χ1) is 6.77. The molecular weight excluding hydrogens is 210 g/mol. The molecule has 1 aliphatic heterocycles. The fraction of sp³-hybridized carbons (Fsp3) is 0.417. The molecule has 0 spiro atoms. The normalized spacial score (nSPS) is 24.6. The van der Waals surface area contributed by atoms with E-state index >= 15 is 0 Å². The zero-order valence-corrected chi connectivity index (χ0v) is 9.59. The van der Waals surface area contributed by atoms with E-state index in [0.717, 1.165) is 13.0 Å². The van der Waals surface area contributed by atoms with E-state index in [4.69, 9.17) is 0 Å². The van der Waals surface area contributed by atoms with Crippen LogP contribution in [0.3, 0.4) is 0 Å². The van der Waals surface area contributed by atoms with Gasteiger partial charge in [-0.1, -0.05) is 30.3 Å². The maximum Gasteiger partial charge on any atom is 0.134 e. The first kappa shape index (κ1) is 12.2. The number of halogens is 1. The number of Topliss-reactive ketones (excluding diaryl/α,β-unsaturated/α-hetero) is 1. The van der Waals surface area contributed by atoms with E-state index in [1.54, 1.807) is 6.92 Å². The van der Waals surface area contributed by atoms with Crippen LogP contribution in [0.5, 0.6) is 0 Å². The third-order valence-corrected chi connectivity index (χ3v) is 2.91. The molecule has 0 aliphatic carbocycles. The molecule has 0 aromatic heterocycles. The Kier molecular flexibility index (Phi) is 4.30. The van der Waals surface area contributed by atoms with Gasteiger partial charge in [0, 0.05) is 18.5 Å². The lowest BCUT2D eigenvalue weighted by Crippen LogP contribution is -2.15. The van der Waals surface area contributed by atoms with E-state index < -0.39 is 0 Å². The first-order valence-corrected chi connectivity index (χ1v) is 5.06. The number of benzene rings is 1. The quantitative estimate of drug-likeness (QED) is 0.837. The molecule has 1 saturated heterocycles. The molecule has 1 heterocycles. The van der Waals surface area contributed by atoms with Crippen LogP contribution in [0.25, 0.3) is 0 Å². The number of hydrogen-bond acceptors (Lipinski definition) is 2. The zero-order valence-electron chi connectivity index (χ0n) is 8.77. The summed E-state index contributed by atoms with van der Waals surface area (Å²) in [6.07, 6.45) is 0.944. The van der Waals surface area contributed by atoms with Gasteiger partial charge in [-0.2, -0.15) is 0 Å². The first-order valence-electron chi connectivity index (χ1n) is 5.06. The Morgan fingerprint density at radius 2 is 2.00 bits per heavy atom. The lowest BCUT2D eigenvalue weighted by Gasteiger charge is -2.09. The number of rotatable bonds is 2. The fourth-order valence-corrected chi connectivity index (χ4v) is 1.98. The SMILES string of the molecule is CC(=O)C1CNC(c2ccccc2)C1.Cl. The lowest BCUT2D eigenvalue weighted by molar-refractivity contribution is -0.120. The summed E-state index contributed by atoms with van der Waals surface area (Å²) in [6.45, 7) is 2.51. The molecule has 1 N–H and O–H groups in total. The number of hydrogen-bond donors (Lipinski definition) is 1. The average Bonchev–Trinajstić information content (AvgIpc) is 2.68. The van der Waals surface area contributed by atoms with Crippen LogP contribution in [0.4, 0.5) is 0 Å². The van der Waals surface area contributed by atoms with Crippen LogP contribution in [0, 0.1) is 5.92 Å². The van der Waals surface area contributed by atoms with Crippen molar-refractivity contribution in [3.8, 4) is 0 Å². The maximum absolute atomic E-state index is 11.2. The summed E-state index contributed by atoms with van der Waals surface area (Å²) < 4.78 is 0. The summed E-state index contributed by atoms with van der Waals surface area (Å²) in [5.74, 6) is 0.510. The molecular formula is C12H16ClNO. The highest BCUT2D eigenvalue weighted by Gasteiger charge is 2.27. The fourth-order valence-electron chi connectivity index (χ4n) is 1.98. The monoisotopic (exact) mass is 225 g/mol. The van der Waals surface area contributed by atoms with Gasteiger partial charge in [0.25, 0.3) is 0 Å². The maximum atomic E-state index is 11.2. The molecule has 2 rings (SSSR count). The molecule has 0 saturated carbocycles. The van der Waals surface area contributed by atoms with Crippen LogP contribution in [0.2, 0.25) is 0 Å². The van der Waals surface area contributed by atoms with Gasteiger partial charge in [-0.3, -0.25) is 4.79 Å². The van der Waals surface area contributed by atoms with Gasteiger partial charge in [-0.15, -0.1) is 12.4 Å². The van der Waals surface area contributed by atoms with Gasteiger partial charge in [-0.05, 0) is 18.9 Å². The van der Waals surface area contributed by atoms with Gasteiger partial charge >= 0.3 is 0 Å². The predicted molar refractivity (Wildman–Crippen MR) is 63.2 cm³/mol. The van der Waals surface area contributed by atoms with E-state index in [-0.39, 0.29) is 18.3 Å². The molecule has 0 bridgehead atoms. The third-order valence-electron chi connectivity index (χ3n) is 2.91. The van der Waals surface area contributed by atoms with Gasteiger partial charge in [0.05, 0.1) is 0 Å². The highest BCUT2D eigenvalue weighted by molar-refractivity contribution is 5.85. The smallest absolute Gasteiger partial charge is 0.134 e. The van der Waals surface area contributed by atoms with Crippen molar-refractivity contribution < 1.29 is 4.79 Å². The highest BCUT2D eigenvalue weighted by Crippen LogP contribution is 2.27. The van der Waals surface area contributed by atoms with Crippen molar-refractivity contribution in [2.45, 2.75) is 19.4 Å². The second-order valence-corrected chi connectivity index (χ2v) is 3.91. The van der Waals surface area contributed by atoms with Crippen molar-refractivity contribution in [3.63, 3.8) is 0 Å². The second kappa shape index (κ2) is 5.29. The van der Waals surface area contributed by atoms with E-state index in [0.29, 0.717) is 11.8 Å². The van der Waals surface area contributed by atoms with E-state index in [9.17, 15) is 4.79 Å². The molecule has 0 radical (unpaired) electrons. The molecule has 1 aromatic carbocycles. The standard InChI is InChI=1S/C12H15NO.ClH/c1-9(14)11-7-12(13-8-11)10-5-3-2-4-6-10;/h2-6,11-13H,7-8H2,1H3;1H. The van der Waals surface area contributed by atoms with Gasteiger partial charge in [0.1, 0.15) is 5.78 Å². The van der Waals surface area contributed by atoms with Crippen LogP contribution in [0.15, 0.2) is 30.3 Å². The number of ketones is 1. The summed E-state index contributed by atoms with van der Waals surface area (Å²) in [5.41, 5.74) is 1.29. The Morgan fingerprint density at radius 3 is 2.53 bits per heavy atom. The Hall–Kier alpha value is -0.860. The summed E-state index contributed by atoms with van der Waals surface area (Å²) in [5, 5.41) is 3.38. The van der Waals surface area contributed by atoms with E-state index in [1.807, 2.05) is 18.2 Å². The molecule has 2 nitrogen and oxygen atoms in total. The molecule has 1 aromatic rings. The van der Waals surface area contributed by atoms with Crippen molar-refractivity contribution in [1.29, 1.82) is 0 Å². The van der Waals surface area contributed by atoms with Crippen molar-refractivity contribution >= 4 is 18.2 Å². The van der Waals surface area contributed by atoms with Crippen LogP contribution in [-0.4, -0.2) is 12.3 Å². The van der Waals surface area contributed by atoms with E-state index in [1.165, 1.54) is 5.56 Å². The van der Waals surface area contributed by atoms with Crippen molar-refractivity contribution in [2.75, 3.05) is 6.54 Å². The molecule has 0 amide bonds. The largest absolute Gasteiger partial charge is 0.309 e. The Bertz CT molecular complexity index is 326. The van der Waals surface area contributed by atoms with Crippen LogP contribution < -0.4 is 5.32 Å². The van der Waals surface area contributed by atoms with E-state index in [2.05, 4.69) is 17.4 Å². The molecule has 1 fully saturated rings. The lowest BCUT2D eigenvalue weighted by atomic mass is 9.98. The topological polar surface area (TPSA) is 29.1 Å². The number of nitrogens with one attached hydrogen (secondary N) is 1. The second-order valence-electron chi connectivity index (χ2n) is 3.91. The minimum Gasteiger partial charge on any atom is -0.309 e. The highest BCUT2D eigenvalue weighted by atomic mass is 35.5. The summed E-state index contributed by atoms with van der Waals surface area (Å²) in [4.78, 5) is 11.2. The summed E-state index contributed by atoms with van der Waals surface area (Å²) in [7, 11) is 0. The predicted octanol–water partition coefficient (Wildman–Crippen LogP) is 2.35. The molecule has 3 heteroatoms. The molecule has 1 aliphatic rings. The number of carbonyl (C=O) groups excluding carboxylic acids is 1.